The summed E-state index contributed by atoms with van der Waals surface area (Å²) in [4.78, 5) is 22.2. The molecular formula is C24H31N3O3. The number of carbonyl (C=O) groups is 1. The number of anilines is 1. The first-order valence-corrected chi connectivity index (χ1v) is 10.9. The summed E-state index contributed by atoms with van der Waals surface area (Å²) < 4.78 is 11.3. The van der Waals surface area contributed by atoms with Crippen molar-refractivity contribution in [1.29, 1.82) is 0 Å². The molecule has 2 aromatic rings. The van der Waals surface area contributed by atoms with Crippen LogP contribution in [0.3, 0.4) is 0 Å². The highest BCUT2D eigenvalue weighted by atomic mass is 16.5. The van der Waals surface area contributed by atoms with Gasteiger partial charge in [0.1, 0.15) is 17.3 Å². The first kappa shape index (κ1) is 20.5. The maximum Gasteiger partial charge on any atom is 0.223 e. The lowest BCUT2D eigenvalue weighted by Gasteiger charge is -2.37. The second-order valence-corrected chi connectivity index (χ2v) is 8.04. The molecule has 160 valence electrons. The van der Waals surface area contributed by atoms with Crippen molar-refractivity contribution in [2.45, 2.75) is 51.1 Å². The normalized spacial score (nSPS) is 19.7. The molecule has 0 bridgehead atoms. The number of amides is 1. The highest BCUT2D eigenvalue weighted by Crippen LogP contribution is 2.42. The van der Waals surface area contributed by atoms with Crippen LogP contribution in [0.25, 0.3) is 0 Å². The number of piperidine rings is 2. The number of benzene rings is 1. The minimum absolute atomic E-state index is 0.0854. The van der Waals surface area contributed by atoms with Gasteiger partial charge in [0.15, 0.2) is 0 Å². The van der Waals surface area contributed by atoms with Crippen LogP contribution in [0.15, 0.2) is 36.4 Å². The molecule has 0 radical (unpaired) electrons. The Bertz CT molecular complexity index is 857. The molecule has 1 unspecified atom stereocenters. The van der Waals surface area contributed by atoms with Crippen LogP contribution in [0.1, 0.15) is 55.8 Å². The van der Waals surface area contributed by atoms with Gasteiger partial charge in [0.05, 0.1) is 38.1 Å². The Morgan fingerprint density at radius 2 is 1.67 bits per heavy atom. The molecule has 2 fully saturated rings. The number of ether oxygens (including phenoxy) is 2. The zero-order chi connectivity index (χ0) is 20.9. The van der Waals surface area contributed by atoms with Crippen molar-refractivity contribution < 1.29 is 14.3 Å². The van der Waals surface area contributed by atoms with E-state index in [2.05, 4.69) is 17.0 Å². The first-order chi connectivity index (χ1) is 14.7. The third-order valence-electron chi connectivity index (χ3n) is 6.17. The molecule has 2 aliphatic heterocycles. The minimum Gasteiger partial charge on any atom is -0.496 e. The zero-order valence-electron chi connectivity index (χ0n) is 18.0. The maximum absolute atomic E-state index is 13.0. The van der Waals surface area contributed by atoms with Crippen LogP contribution in [0.5, 0.6) is 11.5 Å². The van der Waals surface area contributed by atoms with E-state index in [0.29, 0.717) is 13.0 Å². The second-order valence-electron chi connectivity index (χ2n) is 8.04. The van der Waals surface area contributed by atoms with Crippen molar-refractivity contribution >= 4 is 11.7 Å². The Morgan fingerprint density at radius 3 is 2.37 bits per heavy atom. The van der Waals surface area contributed by atoms with Crippen LogP contribution in [-0.4, -0.2) is 43.1 Å². The molecule has 1 amide bonds. The number of pyridine rings is 1. The second kappa shape index (κ2) is 9.37. The van der Waals surface area contributed by atoms with Crippen molar-refractivity contribution in [3.8, 4) is 11.5 Å². The molecule has 0 aliphatic carbocycles. The molecule has 1 aromatic carbocycles. The number of hydrogen-bond acceptors (Lipinski definition) is 5. The van der Waals surface area contributed by atoms with E-state index in [0.717, 1.165) is 54.5 Å². The fraction of sp³-hybridized carbons (Fsp3) is 0.500. The van der Waals surface area contributed by atoms with Crippen LogP contribution < -0.4 is 14.4 Å². The topological polar surface area (TPSA) is 54.9 Å². The fourth-order valence-electron chi connectivity index (χ4n) is 4.66. The Labute approximate surface area is 178 Å². The molecule has 6 nitrogen and oxygen atoms in total. The molecule has 0 N–H and O–H groups in total. The van der Waals surface area contributed by atoms with Gasteiger partial charge in [-0.2, -0.15) is 0 Å². The summed E-state index contributed by atoms with van der Waals surface area (Å²) in [7, 11) is 3.33. The van der Waals surface area contributed by atoms with E-state index in [-0.39, 0.29) is 11.9 Å². The number of carbonyl (C=O) groups excluding carboxylic acids is 1. The van der Waals surface area contributed by atoms with Gasteiger partial charge in [-0.1, -0.05) is 12.1 Å². The Balaban J connectivity index is 1.63. The van der Waals surface area contributed by atoms with Gasteiger partial charge in [0.2, 0.25) is 5.91 Å². The molecule has 0 spiro atoms. The molecule has 3 heterocycles. The molecule has 30 heavy (non-hydrogen) atoms. The van der Waals surface area contributed by atoms with Gasteiger partial charge >= 0.3 is 0 Å². The number of nitrogens with zero attached hydrogens (tertiary/aromatic N) is 3. The van der Waals surface area contributed by atoms with Gasteiger partial charge in [-0.15, -0.1) is 0 Å². The molecule has 0 saturated carbocycles. The summed E-state index contributed by atoms with van der Waals surface area (Å²) in [5.41, 5.74) is 1.87. The van der Waals surface area contributed by atoms with Crippen LogP contribution in [0.4, 0.5) is 5.82 Å². The number of hydrogen-bond donors (Lipinski definition) is 0. The van der Waals surface area contributed by atoms with Crippen molar-refractivity contribution in [2.24, 2.45) is 0 Å². The largest absolute Gasteiger partial charge is 0.496 e. The average Bonchev–Trinajstić information content (AvgIpc) is 2.80. The van der Waals surface area contributed by atoms with Gasteiger partial charge < -0.3 is 19.3 Å². The monoisotopic (exact) mass is 409 g/mol. The molecule has 6 heteroatoms. The lowest BCUT2D eigenvalue weighted by atomic mass is 9.93. The zero-order valence-corrected chi connectivity index (χ0v) is 18.0. The number of rotatable bonds is 6. The summed E-state index contributed by atoms with van der Waals surface area (Å²) in [6.45, 7) is 2.60. The van der Waals surface area contributed by atoms with Gasteiger partial charge in [-0.3, -0.25) is 4.79 Å². The highest BCUT2D eigenvalue weighted by molar-refractivity contribution is 5.78. The summed E-state index contributed by atoms with van der Waals surface area (Å²) >= 11 is 0. The van der Waals surface area contributed by atoms with Gasteiger partial charge in [0.25, 0.3) is 0 Å². The van der Waals surface area contributed by atoms with E-state index < -0.39 is 0 Å². The summed E-state index contributed by atoms with van der Waals surface area (Å²) in [5.74, 6) is 2.69. The molecule has 1 aromatic heterocycles. The van der Waals surface area contributed by atoms with Crippen molar-refractivity contribution in [2.75, 3.05) is 32.2 Å². The summed E-state index contributed by atoms with van der Waals surface area (Å²) in [6.07, 6.45) is 6.04. The molecule has 1 atom stereocenters. The van der Waals surface area contributed by atoms with Crippen LogP contribution in [0.2, 0.25) is 0 Å². The minimum atomic E-state index is -0.0854. The van der Waals surface area contributed by atoms with Crippen molar-refractivity contribution in [3.63, 3.8) is 0 Å². The predicted octanol–water partition coefficient (Wildman–Crippen LogP) is 4.34. The van der Waals surface area contributed by atoms with E-state index in [1.807, 2.05) is 29.2 Å². The van der Waals surface area contributed by atoms with E-state index >= 15 is 0 Å². The van der Waals surface area contributed by atoms with E-state index in [1.165, 1.54) is 19.3 Å². The molecular weight excluding hydrogens is 378 g/mol. The lowest BCUT2D eigenvalue weighted by Crippen LogP contribution is -2.38. The number of methoxy groups -OCH3 is 2. The fourth-order valence-corrected chi connectivity index (χ4v) is 4.66. The predicted molar refractivity (Wildman–Crippen MR) is 117 cm³/mol. The summed E-state index contributed by atoms with van der Waals surface area (Å²) in [6, 6.07) is 11.9. The smallest absolute Gasteiger partial charge is 0.223 e. The maximum atomic E-state index is 13.0. The van der Waals surface area contributed by atoms with Crippen LogP contribution >= 0.6 is 0 Å². The SMILES string of the molecule is COc1cccc(OC)c1C1CCCC(=O)N1Cc1cccc(N2CCCCC2)n1. The molecule has 4 rings (SSSR count). The lowest BCUT2D eigenvalue weighted by molar-refractivity contribution is -0.137. The first-order valence-electron chi connectivity index (χ1n) is 10.9. The summed E-state index contributed by atoms with van der Waals surface area (Å²) in [5, 5.41) is 0. The van der Waals surface area contributed by atoms with Gasteiger partial charge in [0, 0.05) is 19.5 Å². The van der Waals surface area contributed by atoms with Crippen molar-refractivity contribution in [3.05, 3.63) is 47.7 Å². The quantitative estimate of drug-likeness (QED) is 0.710. The number of likely N-dealkylation sites (tertiary alicyclic amines) is 1. The third kappa shape index (κ3) is 4.23. The highest BCUT2D eigenvalue weighted by Gasteiger charge is 2.33. The van der Waals surface area contributed by atoms with E-state index in [4.69, 9.17) is 14.5 Å². The van der Waals surface area contributed by atoms with Crippen molar-refractivity contribution in [1.82, 2.24) is 9.88 Å². The Kier molecular flexibility index (Phi) is 6.41. The van der Waals surface area contributed by atoms with E-state index in [1.54, 1.807) is 14.2 Å². The third-order valence-corrected chi connectivity index (χ3v) is 6.17. The molecule has 2 aliphatic rings. The van der Waals surface area contributed by atoms with Gasteiger partial charge in [-0.25, -0.2) is 4.98 Å². The Morgan fingerprint density at radius 1 is 0.967 bits per heavy atom. The van der Waals surface area contributed by atoms with E-state index in [9.17, 15) is 4.79 Å². The standard InChI is InChI=1S/C24H31N3O3/c1-29-20-11-8-12-21(30-2)24(20)19-10-7-14-23(28)27(19)17-18-9-6-13-22(25-18)26-15-4-3-5-16-26/h6,8-9,11-13,19H,3-5,7,10,14-17H2,1-2H3. The number of aromatic nitrogens is 1. The Hall–Kier alpha value is -2.76. The van der Waals surface area contributed by atoms with Crippen LogP contribution in [-0.2, 0) is 11.3 Å². The van der Waals surface area contributed by atoms with Gasteiger partial charge in [-0.05, 0) is 56.4 Å². The van der Waals surface area contributed by atoms with Crippen LogP contribution in [0, 0.1) is 0 Å². The average molecular weight is 410 g/mol. The molecule has 2 saturated heterocycles.